The minimum Gasteiger partial charge on any atom is -0.497 e. The van der Waals surface area contributed by atoms with Gasteiger partial charge in [0.15, 0.2) is 0 Å². The number of rotatable bonds is 7. The Balaban J connectivity index is 2.31. The van der Waals surface area contributed by atoms with E-state index in [0.717, 1.165) is 11.3 Å². The Morgan fingerprint density at radius 2 is 2.10 bits per heavy atom. The van der Waals surface area contributed by atoms with Crippen LogP contribution in [0.4, 0.5) is 0 Å². The molecular weight excluding hydrogens is 270 g/mol. The lowest BCUT2D eigenvalue weighted by molar-refractivity contribution is -0.120. The summed E-state index contributed by atoms with van der Waals surface area (Å²) in [7, 11) is 1.58. The minimum absolute atomic E-state index is 0.177. The smallest absolute Gasteiger partial charge is 0.244 e. The topological polar surface area (TPSA) is 91.2 Å². The molecule has 0 heterocycles. The number of hydrogen-bond acceptors (Lipinski definition) is 4. The molecule has 110 valence electrons. The summed E-state index contributed by atoms with van der Waals surface area (Å²) in [6.45, 7) is 0.595. The average molecular weight is 287 g/mol. The fourth-order valence-electron chi connectivity index (χ4n) is 1.50. The lowest BCUT2D eigenvalue weighted by atomic mass is 10.2. The first-order valence-electron chi connectivity index (χ1n) is 6.39. The molecule has 0 bridgehead atoms. The molecular formula is C15H17N3O3. The molecule has 0 saturated carbocycles. The zero-order valence-corrected chi connectivity index (χ0v) is 11.8. The van der Waals surface area contributed by atoms with Crippen molar-refractivity contribution in [1.82, 2.24) is 10.6 Å². The van der Waals surface area contributed by atoms with Gasteiger partial charge in [0, 0.05) is 19.2 Å². The van der Waals surface area contributed by atoms with Gasteiger partial charge in [-0.25, -0.2) is 0 Å². The van der Waals surface area contributed by atoms with Crippen LogP contribution in [-0.4, -0.2) is 32.0 Å². The molecule has 0 fully saturated rings. The lowest BCUT2D eigenvalue weighted by Gasteiger charge is -2.03. The summed E-state index contributed by atoms with van der Waals surface area (Å²) >= 11 is 0. The third-order valence-electron chi connectivity index (χ3n) is 2.51. The second-order valence-electron chi connectivity index (χ2n) is 4.09. The van der Waals surface area contributed by atoms with Crippen molar-refractivity contribution in [1.29, 1.82) is 5.26 Å². The zero-order valence-electron chi connectivity index (χ0n) is 11.8. The third-order valence-corrected chi connectivity index (χ3v) is 2.51. The van der Waals surface area contributed by atoms with Crippen LogP contribution in [0.1, 0.15) is 12.0 Å². The van der Waals surface area contributed by atoms with E-state index in [1.807, 2.05) is 24.3 Å². The molecule has 2 amide bonds. The van der Waals surface area contributed by atoms with Crippen molar-refractivity contribution >= 4 is 17.9 Å². The molecule has 2 N–H and O–H groups in total. The third kappa shape index (κ3) is 6.78. The Labute approximate surface area is 123 Å². The van der Waals surface area contributed by atoms with Crippen LogP contribution < -0.4 is 15.4 Å². The maximum atomic E-state index is 11.5. The Hall–Kier alpha value is -2.81. The molecule has 0 unspecified atom stereocenters. The minimum atomic E-state index is -0.348. The molecule has 0 aliphatic carbocycles. The molecule has 6 heteroatoms. The van der Waals surface area contributed by atoms with Crippen molar-refractivity contribution in [2.75, 3.05) is 20.2 Å². The highest BCUT2D eigenvalue weighted by molar-refractivity contribution is 5.91. The van der Waals surface area contributed by atoms with Gasteiger partial charge < -0.3 is 15.4 Å². The maximum absolute atomic E-state index is 11.5. The quantitative estimate of drug-likeness (QED) is 0.574. The molecule has 0 spiro atoms. The fourth-order valence-corrected chi connectivity index (χ4v) is 1.50. The number of nitrogens with zero attached hydrogens (tertiary/aromatic N) is 1. The van der Waals surface area contributed by atoms with E-state index in [1.54, 1.807) is 19.3 Å². The Morgan fingerprint density at radius 3 is 2.81 bits per heavy atom. The molecule has 1 aromatic carbocycles. The first-order valence-corrected chi connectivity index (χ1v) is 6.39. The van der Waals surface area contributed by atoms with Gasteiger partial charge in [0.05, 0.1) is 13.2 Å². The van der Waals surface area contributed by atoms with Crippen LogP contribution in [0.15, 0.2) is 30.3 Å². The van der Waals surface area contributed by atoms with Crippen LogP contribution in [-0.2, 0) is 9.59 Å². The number of benzene rings is 1. The van der Waals surface area contributed by atoms with Crippen molar-refractivity contribution in [3.05, 3.63) is 35.9 Å². The second-order valence-corrected chi connectivity index (χ2v) is 4.09. The standard InChI is InChI=1S/C15H17N3O3/c1-21-13-4-2-3-12(11-13)5-6-14(19)17-9-10-18-15(20)7-8-16/h2-6,11H,7,9-10H2,1H3,(H,17,19)(H,18,20)/b6-5+. The van der Waals surface area contributed by atoms with Gasteiger partial charge in [0.1, 0.15) is 12.2 Å². The lowest BCUT2D eigenvalue weighted by Crippen LogP contribution is -2.33. The normalized spacial score (nSPS) is 9.90. The predicted octanol–water partition coefficient (Wildman–Crippen LogP) is 0.854. The van der Waals surface area contributed by atoms with E-state index in [0.29, 0.717) is 13.1 Å². The van der Waals surface area contributed by atoms with E-state index in [-0.39, 0.29) is 18.2 Å². The first kappa shape index (κ1) is 16.2. The van der Waals surface area contributed by atoms with Crippen molar-refractivity contribution in [3.63, 3.8) is 0 Å². The zero-order chi connectivity index (χ0) is 15.5. The molecule has 0 atom stereocenters. The van der Waals surface area contributed by atoms with Crippen LogP contribution in [0.2, 0.25) is 0 Å². The van der Waals surface area contributed by atoms with Gasteiger partial charge in [-0.2, -0.15) is 5.26 Å². The summed E-state index contributed by atoms with van der Waals surface area (Å²) in [6, 6.07) is 9.07. The largest absolute Gasteiger partial charge is 0.497 e. The average Bonchev–Trinajstić information content (AvgIpc) is 2.50. The van der Waals surface area contributed by atoms with Crippen LogP contribution >= 0.6 is 0 Å². The molecule has 0 saturated heterocycles. The number of methoxy groups -OCH3 is 1. The van der Waals surface area contributed by atoms with Gasteiger partial charge in [0.25, 0.3) is 0 Å². The number of nitrogens with one attached hydrogen (secondary N) is 2. The van der Waals surface area contributed by atoms with E-state index in [1.165, 1.54) is 6.08 Å². The summed E-state index contributed by atoms with van der Waals surface area (Å²) in [6.07, 6.45) is 2.90. The predicted molar refractivity (Wildman–Crippen MR) is 78.3 cm³/mol. The van der Waals surface area contributed by atoms with Gasteiger partial charge in [-0.3, -0.25) is 9.59 Å². The molecule has 6 nitrogen and oxygen atoms in total. The highest BCUT2D eigenvalue weighted by atomic mass is 16.5. The van der Waals surface area contributed by atoms with E-state index >= 15 is 0 Å². The highest BCUT2D eigenvalue weighted by Crippen LogP contribution is 2.13. The van der Waals surface area contributed by atoms with Crippen LogP contribution in [0.5, 0.6) is 5.75 Å². The fraction of sp³-hybridized carbons (Fsp3) is 0.267. The van der Waals surface area contributed by atoms with Crippen LogP contribution in [0.3, 0.4) is 0 Å². The SMILES string of the molecule is COc1cccc(/C=C/C(=O)NCCNC(=O)CC#N)c1. The molecule has 1 aromatic rings. The molecule has 21 heavy (non-hydrogen) atoms. The first-order chi connectivity index (χ1) is 10.2. The summed E-state index contributed by atoms with van der Waals surface area (Å²) in [5, 5.41) is 13.4. The highest BCUT2D eigenvalue weighted by Gasteiger charge is 1.99. The monoisotopic (exact) mass is 287 g/mol. The summed E-state index contributed by atoms with van der Waals surface area (Å²) < 4.78 is 5.09. The maximum Gasteiger partial charge on any atom is 0.244 e. The van der Waals surface area contributed by atoms with Crippen molar-refractivity contribution in [2.24, 2.45) is 0 Å². The van der Waals surface area contributed by atoms with Crippen LogP contribution in [0, 0.1) is 11.3 Å². The van der Waals surface area contributed by atoms with Crippen molar-refractivity contribution in [3.8, 4) is 11.8 Å². The van der Waals surface area contributed by atoms with E-state index in [9.17, 15) is 9.59 Å². The Bertz CT molecular complexity index is 562. The summed E-state index contributed by atoms with van der Waals surface area (Å²) in [5.41, 5.74) is 0.854. The number of carbonyl (C=O) groups is 2. The summed E-state index contributed by atoms with van der Waals surface area (Å²) in [4.78, 5) is 22.5. The van der Waals surface area contributed by atoms with Crippen molar-refractivity contribution < 1.29 is 14.3 Å². The van der Waals surface area contributed by atoms with E-state index < -0.39 is 0 Å². The number of amides is 2. The Kier molecular flexibility index (Phi) is 7.08. The van der Waals surface area contributed by atoms with E-state index in [2.05, 4.69) is 10.6 Å². The Morgan fingerprint density at radius 1 is 1.33 bits per heavy atom. The van der Waals surface area contributed by atoms with E-state index in [4.69, 9.17) is 10.00 Å². The van der Waals surface area contributed by atoms with Crippen molar-refractivity contribution in [2.45, 2.75) is 6.42 Å². The number of nitriles is 1. The number of hydrogen-bond donors (Lipinski definition) is 2. The van der Waals surface area contributed by atoms with Gasteiger partial charge in [-0.1, -0.05) is 12.1 Å². The second kappa shape index (κ2) is 9.15. The van der Waals surface area contributed by atoms with Gasteiger partial charge in [0.2, 0.25) is 11.8 Å². The van der Waals surface area contributed by atoms with Gasteiger partial charge >= 0.3 is 0 Å². The van der Waals surface area contributed by atoms with Crippen LogP contribution in [0.25, 0.3) is 6.08 Å². The molecule has 0 aromatic heterocycles. The molecule has 0 aliphatic rings. The summed E-state index contributed by atoms with van der Waals surface area (Å²) in [5.74, 6) is 0.115. The van der Waals surface area contributed by atoms with Gasteiger partial charge in [-0.05, 0) is 23.8 Å². The number of carbonyl (C=O) groups excluding carboxylic acids is 2. The number of ether oxygens (including phenoxy) is 1. The van der Waals surface area contributed by atoms with Gasteiger partial charge in [-0.15, -0.1) is 0 Å². The molecule has 0 radical (unpaired) electrons. The molecule has 0 aliphatic heterocycles. The molecule has 1 rings (SSSR count).